The molecule has 1 saturated carbocycles. The summed E-state index contributed by atoms with van der Waals surface area (Å²) >= 11 is 0. The molecule has 69 heavy (non-hydrogen) atoms. The van der Waals surface area contributed by atoms with Crippen LogP contribution in [0.2, 0.25) is 0 Å². The van der Waals surface area contributed by atoms with Gasteiger partial charge in [0.2, 0.25) is 0 Å². The summed E-state index contributed by atoms with van der Waals surface area (Å²) in [4.78, 5) is 16.4. The molecule has 13 rings (SSSR count). The number of nitrogens with zero attached hydrogens (tertiary/aromatic N) is 4. The summed E-state index contributed by atoms with van der Waals surface area (Å²) in [5, 5.41) is 7.67. The van der Waals surface area contributed by atoms with Crippen LogP contribution in [-0.2, 0) is 0 Å². The van der Waals surface area contributed by atoms with E-state index in [1.807, 2.05) is 0 Å². The van der Waals surface area contributed by atoms with Crippen LogP contribution in [-0.4, -0.2) is 33.7 Å². The van der Waals surface area contributed by atoms with Crippen molar-refractivity contribution < 1.29 is 4.74 Å². The fraction of sp³-hybridized carbons (Fsp3) is 0.0952. The summed E-state index contributed by atoms with van der Waals surface area (Å²) in [7, 11) is -2.77. The van der Waals surface area contributed by atoms with Crippen LogP contribution >= 0.6 is 0 Å². The van der Waals surface area contributed by atoms with Gasteiger partial charge in [0.1, 0.15) is 11.9 Å². The van der Waals surface area contributed by atoms with Crippen molar-refractivity contribution in [3.05, 3.63) is 236 Å². The van der Waals surface area contributed by atoms with Crippen molar-refractivity contribution >= 4 is 50.6 Å². The van der Waals surface area contributed by atoms with Crippen LogP contribution in [0.25, 0.3) is 72.8 Å². The third-order valence-corrected chi connectivity index (χ3v) is 19.5. The van der Waals surface area contributed by atoms with Crippen LogP contribution in [0.4, 0.5) is 0 Å². The van der Waals surface area contributed by atoms with Gasteiger partial charge in [0.25, 0.3) is 0 Å². The Kier molecular flexibility index (Phi) is 10.2. The van der Waals surface area contributed by atoms with Crippen LogP contribution in [0.15, 0.2) is 231 Å². The third kappa shape index (κ3) is 6.85. The zero-order valence-electron chi connectivity index (χ0n) is 38.1. The first kappa shape index (κ1) is 41.0. The van der Waals surface area contributed by atoms with Gasteiger partial charge in [-0.05, 0) is 69.8 Å². The average molecular weight is 905 g/mol. The summed E-state index contributed by atoms with van der Waals surface area (Å²) in [6.45, 7) is 0. The molecule has 1 aliphatic carbocycles. The second-order valence-corrected chi connectivity index (χ2v) is 22.2. The molecule has 330 valence electrons. The molecule has 0 N–H and O–H groups in total. The molecule has 1 aliphatic heterocycles. The molecule has 0 bridgehead atoms. The molecule has 2 aliphatic rings. The molecule has 1 fully saturated rings. The zero-order chi connectivity index (χ0) is 45.7. The van der Waals surface area contributed by atoms with Crippen molar-refractivity contribution in [2.24, 2.45) is 0 Å². The lowest BCUT2D eigenvalue weighted by Crippen LogP contribution is -2.74. The summed E-state index contributed by atoms with van der Waals surface area (Å²) in [5.41, 5.74) is 9.48. The number of ether oxygens (including phenoxy) is 1. The second-order valence-electron chi connectivity index (χ2n) is 18.4. The Hall–Kier alpha value is -8.19. The summed E-state index contributed by atoms with van der Waals surface area (Å²) in [6, 6.07) is 83.3. The smallest absolute Gasteiger partial charge is 0.179 e. The number of fused-ring (bicyclic) bond motifs is 6. The van der Waals surface area contributed by atoms with Gasteiger partial charge in [-0.15, -0.1) is 0 Å². The quantitative estimate of drug-likeness (QED) is 0.107. The minimum atomic E-state index is -2.77. The first-order valence-electron chi connectivity index (χ1n) is 24.2. The van der Waals surface area contributed by atoms with E-state index in [0.717, 1.165) is 56.7 Å². The molecule has 9 aromatic carbocycles. The molecular formula is C63H48N4OSi. The number of hydrogen-bond acceptors (Lipinski definition) is 4. The average Bonchev–Trinajstić information content (AvgIpc) is 3.98. The first-order chi connectivity index (χ1) is 34.2. The van der Waals surface area contributed by atoms with Crippen molar-refractivity contribution in [3.63, 3.8) is 0 Å². The molecule has 0 saturated heterocycles. The Balaban J connectivity index is 1.02. The number of hydrogen-bond donors (Lipinski definition) is 0. The van der Waals surface area contributed by atoms with Gasteiger partial charge in [-0.2, -0.15) is 0 Å². The highest BCUT2D eigenvalue weighted by Gasteiger charge is 2.41. The van der Waals surface area contributed by atoms with E-state index in [1.165, 1.54) is 56.3 Å². The Morgan fingerprint density at radius 3 is 1.51 bits per heavy atom. The van der Waals surface area contributed by atoms with E-state index < -0.39 is 8.07 Å². The molecule has 0 radical (unpaired) electrons. The topological polar surface area (TPSA) is 52.8 Å². The summed E-state index contributed by atoms with van der Waals surface area (Å²) in [5.74, 6) is 3.27. The number of rotatable bonds is 9. The minimum Gasteiger partial charge on any atom is -0.489 e. The fourth-order valence-corrected chi connectivity index (χ4v) is 16.3. The SMILES string of the molecule is c1ccc([Si](c2ccccc2)(c2ccccc2)c2ccc(-c3nc(-c4ccccc4-c4cccc5c4OC4CCCCC54)nc(-c4ccccc4-n4c5ccccc5c5ccccc54)n3)cc2)cc1. The van der Waals surface area contributed by atoms with E-state index in [4.69, 9.17) is 19.7 Å². The Bertz CT molecular complexity index is 3520. The molecular weight excluding hydrogens is 857 g/mol. The maximum absolute atomic E-state index is 6.88. The molecule has 2 unspecified atom stereocenters. The Labute approximate surface area is 403 Å². The maximum atomic E-state index is 6.88. The standard InChI is InChI=1S/C63H48N4OSi/c1-4-21-44(22-5-1)69(45-23-6-2-7-24-45,46-25-8-3-9-26-46)47-41-39-43(40-42-47)61-64-62(54-31-11-10-27-48(54)52-33-20-34-53-51-30-15-19-38-59(51)68-60(52)53)66-63(65-61)55-32-14-18-37-58(55)67-56-35-16-12-28-49(56)50-29-13-17-36-57(50)67/h1-14,16-18,20-29,31-37,39-42,51,59H,15,19,30,38H2. The van der Waals surface area contributed by atoms with Crippen molar-refractivity contribution in [3.8, 4) is 56.7 Å². The van der Waals surface area contributed by atoms with Gasteiger partial charge in [-0.25, -0.2) is 15.0 Å². The third-order valence-electron chi connectivity index (χ3n) is 14.7. The van der Waals surface area contributed by atoms with E-state index >= 15 is 0 Å². The molecule has 0 amide bonds. The van der Waals surface area contributed by atoms with Crippen molar-refractivity contribution in [2.75, 3.05) is 0 Å². The lowest BCUT2D eigenvalue weighted by molar-refractivity contribution is 0.164. The molecule has 5 nitrogen and oxygen atoms in total. The molecule has 6 heteroatoms. The molecule has 11 aromatic rings. The van der Waals surface area contributed by atoms with E-state index in [9.17, 15) is 0 Å². The second kappa shape index (κ2) is 17.2. The molecule has 0 spiro atoms. The largest absolute Gasteiger partial charge is 0.489 e. The van der Waals surface area contributed by atoms with Gasteiger partial charge < -0.3 is 9.30 Å². The highest BCUT2D eigenvalue weighted by atomic mass is 28.3. The molecule has 2 aromatic heterocycles. The number of benzene rings is 9. The van der Waals surface area contributed by atoms with Crippen molar-refractivity contribution in [1.82, 2.24) is 19.5 Å². The van der Waals surface area contributed by atoms with Crippen LogP contribution in [0.1, 0.15) is 37.2 Å². The molecule has 2 atom stereocenters. The summed E-state index contributed by atoms with van der Waals surface area (Å²) < 4.78 is 9.24. The van der Waals surface area contributed by atoms with Crippen LogP contribution < -0.4 is 25.5 Å². The van der Waals surface area contributed by atoms with Gasteiger partial charge in [-0.1, -0.05) is 213 Å². The van der Waals surface area contributed by atoms with Crippen molar-refractivity contribution in [1.29, 1.82) is 0 Å². The van der Waals surface area contributed by atoms with Crippen LogP contribution in [0.5, 0.6) is 5.75 Å². The van der Waals surface area contributed by atoms with E-state index in [0.29, 0.717) is 23.4 Å². The number of aromatic nitrogens is 4. The lowest BCUT2D eigenvalue weighted by Gasteiger charge is -2.34. The van der Waals surface area contributed by atoms with Gasteiger partial charge in [0, 0.05) is 44.5 Å². The van der Waals surface area contributed by atoms with Gasteiger partial charge in [0.05, 0.1) is 16.7 Å². The normalized spacial score (nSPS) is 15.4. The summed E-state index contributed by atoms with van der Waals surface area (Å²) in [6.07, 6.45) is 4.94. The highest BCUT2D eigenvalue weighted by Crippen LogP contribution is 2.50. The zero-order valence-corrected chi connectivity index (χ0v) is 39.1. The fourth-order valence-electron chi connectivity index (χ4n) is 11.6. The van der Waals surface area contributed by atoms with Crippen LogP contribution in [0.3, 0.4) is 0 Å². The minimum absolute atomic E-state index is 0.227. The van der Waals surface area contributed by atoms with E-state index in [-0.39, 0.29) is 6.10 Å². The number of para-hydroxylation sites is 4. The van der Waals surface area contributed by atoms with Gasteiger partial charge in [-0.3, -0.25) is 0 Å². The Morgan fingerprint density at radius 2 is 0.870 bits per heavy atom. The predicted octanol–water partition coefficient (Wildman–Crippen LogP) is 12.4. The van der Waals surface area contributed by atoms with Crippen molar-refractivity contribution in [2.45, 2.75) is 37.7 Å². The first-order valence-corrected chi connectivity index (χ1v) is 26.2. The monoisotopic (exact) mass is 904 g/mol. The van der Waals surface area contributed by atoms with Crippen LogP contribution in [0, 0.1) is 0 Å². The molecule has 3 heterocycles. The van der Waals surface area contributed by atoms with Gasteiger partial charge in [0.15, 0.2) is 25.5 Å². The maximum Gasteiger partial charge on any atom is 0.179 e. The highest BCUT2D eigenvalue weighted by molar-refractivity contribution is 7.19. The predicted molar refractivity (Wildman–Crippen MR) is 285 cm³/mol. The Morgan fingerprint density at radius 1 is 0.391 bits per heavy atom. The van der Waals surface area contributed by atoms with E-state index in [1.54, 1.807) is 0 Å². The van der Waals surface area contributed by atoms with Gasteiger partial charge >= 0.3 is 0 Å². The lowest BCUT2D eigenvalue weighted by atomic mass is 9.82. The van der Waals surface area contributed by atoms with E-state index in [2.05, 4.69) is 235 Å².